The van der Waals surface area contributed by atoms with Crippen LogP contribution >= 0.6 is 11.6 Å². The molecule has 1 aromatic rings. The predicted octanol–water partition coefficient (Wildman–Crippen LogP) is 1.11. The molecule has 0 bridgehead atoms. The second-order valence-corrected chi connectivity index (χ2v) is 4.62. The lowest BCUT2D eigenvalue weighted by Crippen LogP contribution is -2.34. The van der Waals surface area contributed by atoms with Gasteiger partial charge in [0.1, 0.15) is 5.69 Å². The summed E-state index contributed by atoms with van der Waals surface area (Å²) in [5.41, 5.74) is 0.654. The summed E-state index contributed by atoms with van der Waals surface area (Å²) in [5.74, 6) is 0.0622. The van der Waals surface area contributed by atoms with Gasteiger partial charge in [0, 0.05) is 32.4 Å². The Morgan fingerprint density at radius 2 is 2.38 bits per heavy atom. The van der Waals surface area contributed by atoms with Crippen LogP contribution in [-0.2, 0) is 7.05 Å². The van der Waals surface area contributed by atoms with E-state index < -0.39 is 0 Å². The number of nitrogens with one attached hydrogen (secondary N) is 1. The van der Waals surface area contributed by atoms with Gasteiger partial charge in [0.05, 0.1) is 5.02 Å². The van der Waals surface area contributed by atoms with Crippen LogP contribution in [0.15, 0.2) is 12.3 Å². The fourth-order valence-electron chi connectivity index (χ4n) is 2.08. The fourth-order valence-corrected chi connectivity index (χ4v) is 2.33. The summed E-state index contributed by atoms with van der Waals surface area (Å²) in [6.45, 7) is 1.59. The van der Waals surface area contributed by atoms with Crippen LogP contribution in [0.25, 0.3) is 0 Å². The molecule has 2 rings (SSSR count). The normalized spacial score (nSPS) is 20.4. The van der Waals surface area contributed by atoms with Crippen molar-refractivity contribution in [2.45, 2.75) is 12.5 Å². The van der Waals surface area contributed by atoms with Crippen molar-refractivity contribution in [2.75, 3.05) is 20.1 Å². The monoisotopic (exact) mass is 241 g/mol. The minimum Gasteiger partial charge on any atom is -0.345 e. The highest BCUT2D eigenvalue weighted by Gasteiger charge is 2.27. The van der Waals surface area contributed by atoms with E-state index in [1.54, 1.807) is 16.8 Å². The first-order valence-corrected chi connectivity index (χ1v) is 5.78. The van der Waals surface area contributed by atoms with Gasteiger partial charge in [0.25, 0.3) is 5.91 Å². The topological polar surface area (TPSA) is 37.3 Å². The molecule has 0 radical (unpaired) electrons. The number of nitrogens with zero attached hydrogens (tertiary/aromatic N) is 2. The van der Waals surface area contributed by atoms with E-state index in [0.29, 0.717) is 16.8 Å². The lowest BCUT2D eigenvalue weighted by Gasteiger charge is -2.16. The first kappa shape index (κ1) is 11.5. The van der Waals surface area contributed by atoms with Gasteiger partial charge in [0.2, 0.25) is 0 Å². The van der Waals surface area contributed by atoms with Gasteiger partial charge in [-0.05, 0) is 19.5 Å². The third-order valence-electron chi connectivity index (χ3n) is 3.07. The van der Waals surface area contributed by atoms with Crippen molar-refractivity contribution in [2.24, 2.45) is 7.05 Å². The highest BCUT2D eigenvalue weighted by atomic mass is 35.5. The summed E-state index contributed by atoms with van der Waals surface area (Å²) in [7, 11) is 3.77. The predicted molar refractivity (Wildman–Crippen MR) is 63.8 cm³/mol. The van der Waals surface area contributed by atoms with Crippen molar-refractivity contribution in [1.29, 1.82) is 0 Å². The van der Waals surface area contributed by atoms with Crippen LogP contribution < -0.4 is 5.32 Å². The number of carbonyl (C=O) groups excluding carboxylic acids is 1. The van der Waals surface area contributed by atoms with Crippen LogP contribution in [0, 0.1) is 0 Å². The SMILES string of the molecule is CNC1CCN(C(=O)c2cc(Cl)cn2C)C1. The molecule has 1 fully saturated rings. The molecular weight excluding hydrogens is 226 g/mol. The number of hydrogen-bond acceptors (Lipinski definition) is 2. The van der Waals surface area contributed by atoms with Gasteiger partial charge in [-0.3, -0.25) is 4.79 Å². The van der Waals surface area contributed by atoms with Crippen LogP contribution in [0.3, 0.4) is 0 Å². The maximum absolute atomic E-state index is 12.2. The molecule has 1 atom stereocenters. The van der Waals surface area contributed by atoms with Crippen LogP contribution in [0.1, 0.15) is 16.9 Å². The van der Waals surface area contributed by atoms with Crippen molar-refractivity contribution in [3.8, 4) is 0 Å². The van der Waals surface area contributed by atoms with Crippen molar-refractivity contribution in [1.82, 2.24) is 14.8 Å². The quantitative estimate of drug-likeness (QED) is 0.843. The van der Waals surface area contributed by atoms with E-state index in [1.165, 1.54) is 0 Å². The van der Waals surface area contributed by atoms with E-state index in [-0.39, 0.29) is 5.91 Å². The third kappa shape index (κ3) is 2.08. The molecule has 0 aromatic carbocycles. The van der Waals surface area contributed by atoms with E-state index in [9.17, 15) is 4.79 Å². The van der Waals surface area contributed by atoms with E-state index in [2.05, 4.69) is 5.32 Å². The molecule has 1 unspecified atom stereocenters. The zero-order valence-electron chi connectivity index (χ0n) is 9.53. The van der Waals surface area contributed by atoms with E-state index >= 15 is 0 Å². The Labute approximate surface area is 100 Å². The molecule has 0 aliphatic carbocycles. The molecule has 1 saturated heterocycles. The van der Waals surface area contributed by atoms with Crippen molar-refractivity contribution in [3.63, 3.8) is 0 Å². The highest BCUT2D eigenvalue weighted by Crippen LogP contribution is 2.17. The summed E-state index contributed by atoms with van der Waals surface area (Å²) >= 11 is 5.87. The number of aromatic nitrogens is 1. The molecule has 88 valence electrons. The lowest BCUT2D eigenvalue weighted by atomic mass is 10.3. The lowest BCUT2D eigenvalue weighted by molar-refractivity contribution is 0.0780. The van der Waals surface area contributed by atoms with Crippen molar-refractivity contribution < 1.29 is 4.79 Å². The largest absolute Gasteiger partial charge is 0.345 e. The van der Waals surface area contributed by atoms with Gasteiger partial charge in [-0.1, -0.05) is 11.6 Å². The minimum atomic E-state index is 0.0622. The third-order valence-corrected chi connectivity index (χ3v) is 3.28. The number of carbonyl (C=O) groups is 1. The Kier molecular flexibility index (Phi) is 3.21. The highest BCUT2D eigenvalue weighted by molar-refractivity contribution is 6.31. The molecule has 5 heteroatoms. The van der Waals surface area contributed by atoms with E-state index in [0.717, 1.165) is 19.5 Å². The molecule has 0 spiro atoms. The second kappa shape index (κ2) is 4.47. The number of aryl methyl sites for hydroxylation is 1. The fraction of sp³-hybridized carbons (Fsp3) is 0.545. The standard InChI is InChI=1S/C11H16ClN3O/c1-13-9-3-4-15(7-9)11(16)10-5-8(12)6-14(10)2/h5-6,9,13H,3-4,7H2,1-2H3. The number of halogens is 1. The zero-order valence-corrected chi connectivity index (χ0v) is 10.3. The Morgan fingerprint density at radius 3 is 2.88 bits per heavy atom. The van der Waals surface area contributed by atoms with Gasteiger partial charge in [0.15, 0.2) is 0 Å². The van der Waals surface area contributed by atoms with Gasteiger partial charge < -0.3 is 14.8 Å². The average molecular weight is 242 g/mol. The molecule has 1 amide bonds. The van der Waals surface area contributed by atoms with Crippen LogP contribution in [0.5, 0.6) is 0 Å². The summed E-state index contributed by atoms with van der Waals surface area (Å²) in [6, 6.07) is 2.14. The van der Waals surface area contributed by atoms with Crippen molar-refractivity contribution in [3.05, 3.63) is 23.0 Å². The Bertz CT molecular complexity index is 402. The van der Waals surface area contributed by atoms with Gasteiger partial charge in [-0.25, -0.2) is 0 Å². The Balaban J connectivity index is 2.11. The minimum absolute atomic E-state index is 0.0622. The second-order valence-electron chi connectivity index (χ2n) is 4.18. The van der Waals surface area contributed by atoms with Crippen LogP contribution in [0.4, 0.5) is 0 Å². The summed E-state index contributed by atoms with van der Waals surface area (Å²) in [5, 5.41) is 3.80. The van der Waals surface area contributed by atoms with E-state index in [1.807, 2.05) is 19.0 Å². The molecule has 0 saturated carbocycles. The number of hydrogen-bond donors (Lipinski definition) is 1. The number of rotatable bonds is 2. The van der Waals surface area contributed by atoms with Crippen LogP contribution in [-0.4, -0.2) is 41.6 Å². The van der Waals surface area contributed by atoms with Crippen molar-refractivity contribution >= 4 is 17.5 Å². The molecule has 2 heterocycles. The number of likely N-dealkylation sites (N-methyl/N-ethyl adjacent to an activating group) is 1. The van der Waals surface area contributed by atoms with Gasteiger partial charge in [-0.15, -0.1) is 0 Å². The van der Waals surface area contributed by atoms with Gasteiger partial charge in [-0.2, -0.15) is 0 Å². The molecule has 4 nitrogen and oxygen atoms in total. The summed E-state index contributed by atoms with van der Waals surface area (Å²) < 4.78 is 1.78. The molecule has 1 aromatic heterocycles. The van der Waals surface area contributed by atoms with Crippen LogP contribution in [0.2, 0.25) is 5.02 Å². The Hall–Kier alpha value is -1.00. The molecule has 1 aliphatic heterocycles. The summed E-state index contributed by atoms with van der Waals surface area (Å²) in [4.78, 5) is 14.0. The first-order valence-electron chi connectivity index (χ1n) is 5.40. The molecule has 1 N–H and O–H groups in total. The number of amides is 1. The van der Waals surface area contributed by atoms with Gasteiger partial charge >= 0.3 is 0 Å². The Morgan fingerprint density at radius 1 is 1.62 bits per heavy atom. The molecular formula is C11H16ClN3O. The average Bonchev–Trinajstić information content (AvgIpc) is 2.84. The maximum Gasteiger partial charge on any atom is 0.270 e. The molecule has 16 heavy (non-hydrogen) atoms. The zero-order chi connectivity index (χ0) is 11.7. The number of likely N-dealkylation sites (tertiary alicyclic amines) is 1. The summed E-state index contributed by atoms with van der Waals surface area (Å²) in [6.07, 6.45) is 2.76. The first-order chi connectivity index (χ1) is 7.61. The maximum atomic E-state index is 12.2. The smallest absolute Gasteiger partial charge is 0.270 e. The van der Waals surface area contributed by atoms with E-state index in [4.69, 9.17) is 11.6 Å². The molecule has 1 aliphatic rings.